The molecule has 2 aliphatic carbocycles. The molecule has 2 fully saturated rings. The monoisotopic (exact) mass is 152 g/mol. The zero-order valence-electron chi connectivity index (χ0n) is 7.61. The average molecular weight is 152 g/mol. The molecule has 0 heterocycles. The molecule has 11 heavy (non-hydrogen) atoms. The van der Waals surface area contributed by atoms with E-state index in [-0.39, 0.29) is 10.8 Å². The van der Waals surface area contributed by atoms with E-state index >= 15 is 0 Å². The smallest absolute Gasteiger partial charge is 0.144 e. The molecule has 0 aromatic rings. The van der Waals surface area contributed by atoms with Gasteiger partial charge >= 0.3 is 0 Å². The molecule has 1 nitrogen and oxygen atoms in total. The first kappa shape index (κ1) is 7.33. The number of carbonyl (C=O) groups excluding carboxylic acids is 1. The van der Waals surface area contributed by atoms with E-state index in [1.807, 2.05) is 0 Å². The summed E-state index contributed by atoms with van der Waals surface area (Å²) in [7, 11) is 0. The van der Waals surface area contributed by atoms with Gasteiger partial charge in [0.1, 0.15) is 5.78 Å². The fourth-order valence-corrected chi connectivity index (χ4v) is 3.03. The summed E-state index contributed by atoms with van der Waals surface area (Å²) in [6.07, 6.45) is 3.56. The van der Waals surface area contributed by atoms with Crippen molar-refractivity contribution in [3.8, 4) is 0 Å². The lowest BCUT2D eigenvalue weighted by molar-refractivity contribution is -0.134. The molecule has 0 amide bonds. The second-order valence-corrected chi connectivity index (χ2v) is 5.05. The highest BCUT2D eigenvalue weighted by Gasteiger charge is 2.58. The summed E-state index contributed by atoms with van der Waals surface area (Å²) in [6, 6.07) is 0. The molecule has 0 aliphatic heterocycles. The molecular weight excluding hydrogens is 136 g/mol. The van der Waals surface area contributed by atoms with E-state index in [1.54, 1.807) is 0 Å². The Morgan fingerprint density at radius 3 is 2.27 bits per heavy atom. The maximum absolute atomic E-state index is 11.8. The van der Waals surface area contributed by atoms with Crippen LogP contribution in [0.2, 0.25) is 0 Å². The van der Waals surface area contributed by atoms with Crippen molar-refractivity contribution in [2.75, 3.05) is 0 Å². The summed E-state index contributed by atoms with van der Waals surface area (Å²) in [5.74, 6) is 1.20. The fourth-order valence-electron chi connectivity index (χ4n) is 3.03. The SMILES string of the molecule is CC1(C)C(=O)[C@@]2(C)CC[C@H]1C2. The Hall–Kier alpha value is -0.330. The highest BCUT2D eigenvalue weighted by Crippen LogP contribution is 2.59. The van der Waals surface area contributed by atoms with Gasteiger partial charge in [-0.05, 0) is 25.2 Å². The fraction of sp³-hybridized carbons (Fsp3) is 0.900. The quantitative estimate of drug-likeness (QED) is 0.521. The third-order valence-corrected chi connectivity index (χ3v) is 3.90. The van der Waals surface area contributed by atoms with Gasteiger partial charge in [0.05, 0.1) is 0 Å². The van der Waals surface area contributed by atoms with Gasteiger partial charge in [0.2, 0.25) is 0 Å². The van der Waals surface area contributed by atoms with E-state index in [0.717, 1.165) is 12.8 Å². The van der Waals surface area contributed by atoms with Crippen molar-refractivity contribution in [1.82, 2.24) is 0 Å². The largest absolute Gasteiger partial charge is 0.298 e. The van der Waals surface area contributed by atoms with Crippen LogP contribution in [-0.2, 0) is 4.79 Å². The maximum atomic E-state index is 11.8. The van der Waals surface area contributed by atoms with E-state index in [0.29, 0.717) is 11.7 Å². The normalized spacial score (nSPS) is 46.8. The van der Waals surface area contributed by atoms with Crippen LogP contribution in [0.1, 0.15) is 40.0 Å². The van der Waals surface area contributed by atoms with Crippen LogP contribution in [0.25, 0.3) is 0 Å². The van der Waals surface area contributed by atoms with Gasteiger partial charge in [0.25, 0.3) is 0 Å². The Morgan fingerprint density at radius 2 is 2.00 bits per heavy atom. The molecule has 2 aliphatic rings. The number of rotatable bonds is 0. The van der Waals surface area contributed by atoms with Gasteiger partial charge in [0, 0.05) is 10.8 Å². The number of ketones is 1. The standard InChI is InChI=1S/C10H16O/c1-9(2)7-4-5-10(3,6-7)8(9)11/h7H,4-6H2,1-3H3/t7-,10-/m0/s1. The van der Waals surface area contributed by atoms with Gasteiger partial charge in [0.15, 0.2) is 0 Å². The number of carbonyl (C=O) groups is 1. The maximum Gasteiger partial charge on any atom is 0.144 e. The van der Waals surface area contributed by atoms with E-state index in [2.05, 4.69) is 20.8 Å². The molecule has 2 bridgehead atoms. The zero-order chi connectivity index (χ0) is 8.28. The summed E-state index contributed by atoms with van der Waals surface area (Å²) < 4.78 is 0. The van der Waals surface area contributed by atoms with Crippen LogP contribution in [0, 0.1) is 16.7 Å². The molecule has 62 valence electrons. The first-order chi connectivity index (χ1) is 4.97. The van der Waals surface area contributed by atoms with Gasteiger partial charge in [-0.2, -0.15) is 0 Å². The lowest BCUT2D eigenvalue weighted by atomic mass is 9.72. The molecule has 0 unspecified atom stereocenters. The van der Waals surface area contributed by atoms with Crippen LogP contribution in [0.3, 0.4) is 0 Å². The summed E-state index contributed by atoms with van der Waals surface area (Å²) in [5.41, 5.74) is 0.0567. The molecule has 0 saturated heterocycles. The minimum Gasteiger partial charge on any atom is -0.298 e. The molecule has 2 rings (SSSR count). The molecule has 0 radical (unpaired) electrons. The second-order valence-electron chi connectivity index (χ2n) is 5.05. The van der Waals surface area contributed by atoms with Crippen molar-refractivity contribution in [3.63, 3.8) is 0 Å². The molecule has 0 aromatic carbocycles. The number of Topliss-reactive ketones (excluding diaryl/α,β-unsaturated/α-hetero) is 1. The van der Waals surface area contributed by atoms with E-state index in [1.165, 1.54) is 6.42 Å². The zero-order valence-corrected chi connectivity index (χ0v) is 7.61. The van der Waals surface area contributed by atoms with Gasteiger partial charge in [-0.25, -0.2) is 0 Å². The summed E-state index contributed by atoms with van der Waals surface area (Å²) in [6.45, 7) is 6.37. The Morgan fingerprint density at radius 1 is 1.36 bits per heavy atom. The minimum atomic E-state index is -0.00694. The first-order valence-corrected chi connectivity index (χ1v) is 4.52. The average Bonchev–Trinajstić information content (AvgIpc) is 2.36. The lowest BCUT2D eigenvalue weighted by Gasteiger charge is -2.31. The van der Waals surface area contributed by atoms with Crippen molar-refractivity contribution in [3.05, 3.63) is 0 Å². The van der Waals surface area contributed by atoms with E-state index in [9.17, 15) is 4.79 Å². The molecule has 2 saturated carbocycles. The molecule has 0 N–H and O–H groups in total. The number of hydrogen-bond acceptors (Lipinski definition) is 1. The summed E-state index contributed by atoms with van der Waals surface area (Å²) in [5, 5.41) is 0. The highest BCUT2D eigenvalue weighted by atomic mass is 16.1. The van der Waals surface area contributed by atoms with Gasteiger partial charge in [-0.1, -0.05) is 20.8 Å². The van der Waals surface area contributed by atoms with E-state index in [4.69, 9.17) is 0 Å². The molecular formula is C10H16O. The molecule has 0 aromatic heterocycles. The van der Waals surface area contributed by atoms with E-state index < -0.39 is 0 Å². The Labute approximate surface area is 68.2 Å². The van der Waals surface area contributed by atoms with Gasteiger partial charge in [-0.15, -0.1) is 0 Å². The number of hydrogen-bond donors (Lipinski definition) is 0. The van der Waals surface area contributed by atoms with Crippen molar-refractivity contribution in [2.24, 2.45) is 16.7 Å². The van der Waals surface area contributed by atoms with Gasteiger partial charge < -0.3 is 0 Å². The topological polar surface area (TPSA) is 17.1 Å². The Bertz CT molecular complexity index is 210. The summed E-state index contributed by atoms with van der Waals surface area (Å²) in [4.78, 5) is 11.8. The van der Waals surface area contributed by atoms with Crippen LogP contribution in [-0.4, -0.2) is 5.78 Å². The molecule has 1 heteroatoms. The van der Waals surface area contributed by atoms with Crippen LogP contribution < -0.4 is 0 Å². The predicted octanol–water partition coefficient (Wildman–Crippen LogP) is 2.40. The Kier molecular flexibility index (Phi) is 1.13. The molecule has 2 atom stereocenters. The van der Waals surface area contributed by atoms with Crippen molar-refractivity contribution in [2.45, 2.75) is 40.0 Å². The second kappa shape index (κ2) is 1.70. The van der Waals surface area contributed by atoms with Crippen molar-refractivity contribution < 1.29 is 4.79 Å². The predicted molar refractivity (Wildman–Crippen MR) is 44.2 cm³/mol. The van der Waals surface area contributed by atoms with Gasteiger partial charge in [-0.3, -0.25) is 4.79 Å². The third kappa shape index (κ3) is 0.692. The van der Waals surface area contributed by atoms with Crippen molar-refractivity contribution in [1.29, 1.82) is 0 Å². The lowest BCUT2D eigenvalue weighted by Crippen LogP contribution is -2.35. The summed E-state index contributed by atoms with van der Waals surface area (Å²) >= 11 is 0. The number of fused-ring (bicyclic) bond motifs is 2. The van der Waals surface area contributed by atoms with Crippen molar-refractivity contribution >= 4 is 5.78 Å². The highest BCUT2D eigenvalue weighted by molar-refractivity contribution is 5.92. The van der Waals surface area contributed by atoms with Crippen LogP contribution >= 0.6 is 0 Å². The first-order valence-electron chi connectivity index (χ1n) is 4.52. The third-order valence-electron chi connectivity index (χ3n) is 3.90. The molecule has 0 spiro atoms. The Balaban J connectivity index is 2.42. The van der Waals surface area contributed by atoms with Crippen LogP contribution in [0.4, 0.5) is 0 Å². The van der Waals surface area contributed by atoms with Crippen LogP contribution in [0.5, 0.6) is 0 Å². The minimum absolute atomic E-state index is 0.00694. The van der Waals surface area contributed by atoms with Crippen LogP contribution in [0.15, 0.2) is 0 Å².